The van der Waals surface area contributed by atoms with E-state index < -0.39 is 17.3 Å². The summed E-state index contributed by atoms with van der Waals surface area (Å²) in [5.74, 6) is -0.386. The number of pyridine rings is 1. The zero-order valence-electron chi connectivity index (χ0n) is 18.8. The van der Waals surface area contributed by atoms with E-state index in [1.54, 1.807) is 42.5 Å². The summed E-state index contributed by atoms with van der Waals surface area (Å²) in [6, 6.07) is 16.5. The zero-order valence-corrected chi connectivity index (χ0v) is 19.6. The van der Waals surface area contributed by atoms with Gasteiger partial charge >= 0.3 is 17.3 Å². The second kappa shape index (κ2) is 9.67. The summed E-state index contributed by atoms with van der Waals surface area (Å²) >= 11 is 5.99. The zero-order chi connectivity index (χ0) is 25.2. The normalized spacial score (nSPS) is 13.5. The first-order valence-electron chi connectivity index (χ1n) is 11.1. The van der Waals surface area contributed by atoms with Gasteiger partial charge < -0.3 is 9.84 Å². The lowest BCUT2D eigenvalue weighted by Crippen LogP contribution is -2.49. The monoisotopic (exact) mass is 505 g/mol. The van der Waals surface area contributed by atoms with Gasteiger partial charge in [-0.2, -0.15) is 0 Å². The number of nitrogens with zero attached hydrogens (tertiary/aromatic N) is 4. The molecular formula is C25H20ClN5O5. The predicted molar refractivity (Wildman–Crippen MR) is 131 cm³/mol. The highest BCUT2D eigenvalue weighted by Gasteiger charge is 2.28. The summed E-state index contributed by atoms with van der Waals surface area (Å²) in [4.78, 5) is 48.0. The number of aromatic amines is 1. The molecule has 10 nitrogen and oxygen atoms in total. The number of hydrogen-bond acceptors (Lipinski definition) is 6. The summed E-state index contributed by atoms with van der Waals surface area (Å²) < 4.78 is 8.37. The highest BCUT2D eigenvalue weighted by atomic mass is 35.5. The van der Waals surface area contributed by atoms with Crippen LogP contribution in [-0.4, -0.2) is 30.2 Å². The molecular weight excluding hydrogens is 486 g/mol. The second-order valence-electron chi connectivity index (χ2n) is 8.24. The molecule has 0 aliphatic heterocycles. The van der Waals surface area contributed by atoms with Gasteiger partial charge in [0.1, 0.15) is 11.5 Å². The molecule has 2 heterocycles. The molecule has 0 amide bonds. The first kappa shape index (κ1) is 23.3. The van der Waals surface area contributed by atoms with E-state index in [9.17, 15) is 14.4 Å². The van der Waals surface area contributed by atoms with Crippen molar-refractivity contribution in [1.82, 2.24) is 19.1 Å². The highest BCUT2D eigenvalue weighted by Crippen LogP contribution is 2.31. The van der Waals surface area contributed by atoms with Crippen molar-refractivity contribution in [2.24, 2.45) is 4.99 Å². The highest BCUT2D eigenvalue weighted by molar-refractivity contribution is 6.30. The number of rotatable bonds is 7. The molecule has 0 bridgehead atoms. The molecule has 2 N–H and O–H groups in total. The molecule has 1 aliphatic rings. The van der Waals surface area contributed by atoms with Gasteiger partial charge in [0.25, 0.3) is 0 Å². The molecule has 2 aromatic carbocycles. The van der Waals surface area contributed by atoms with Crippen molar-refractivity contribution in [2.45, 2.75) is 25.4 Å². The van der Waals surface area contributed by atoms with Crippen molar-refractivity contribution in [3.63, 3.8) is 0 Å². The van der Waals surface area contributed by atoms with Crippen molar-refractivity contribution in [1.29, 1.82) is 0 Å². The van der Waals surface area contributed by atoms with E-state index in [-0.39, 0.29) is 23.9 Å². The Labute approximate surface area is 208 Å². The van der Waals surface area contributed by atoms with E-state index in [2.05, 4.69) is 15.0 Å². The molecule has 5 rings (SSSR count). The average molecular weight is 506 g/mol. The SMILES string of the molecule is O=C(O)c1cc(Oc2ccc(/N=c3\[nH]c(=O)n(C4CC4)c(=O)n3Cc3ccc(Cl)cc3)cc2)ccn1. The van der Waals surface area contributed by atoms with Crippen LogP contribution in [-0.2, 0) is 6.54 Å². The molecule has 1 saturated carbocycles. The first-order chi connectivity index (χ1) is 17.4. The Morgan fingerprint density at radius 2 is 1.81 bits per heavy atom. The van der Waals surface area contributed by atoms with Crippen LogP contribution in [0.2, 0.25) is 5.02 Å². The minimum absolute atomic E-state index is 0.0990. The van der Waals surface area contributed by atoms with Gasteiger partial charge in [0, 0.05) is 23.3 Å². The Morgan fingerprint density at radius 3 is 2.47 bits per heavy atom. The van der Waals surface area contributed by atoms with Gasteiger partial charge in [-0.1, -0.05) is 23.7 Å². The van der Waals surface area contributed by atoms with Crippen LogP contribution in [0, 0.1) is 0 Å². The topological polar surface area (TPSA) is 132 Å². The van der Waals surface area contributed by atoms with Gasteiger partial charge in [0.2, 0.25) is 5.62 Å². The number of hydrogen-bond donors (Lipinski definition) is 2. The Bertz CT molecular complexity index is 1620. The predicted octanol–water partition coefficient (Wildman–Crippen LogP) is 3.49. The van der Waals surface area contributed by atoms with E-state index in [4.69, 9.17) is 21.4 Å². The fourth-order valence-corrected chi connectivity index (χ4v) is 3.75. The minimum Gasteiger partial charge on any atom is -0.477 e. The van der Waals surface area contributed by atoms with E-state index >= 15 is 0 Å². The van der Waals surface area contributed by atoms with Crippen molar-refractivity contribution in [2.75, 3.05) is 0 Å². The Hall–Kier alpha value is -4.44. The Balaban J connectivity index is 1.49. The quantitative estimate of drug-likeness (QED) is 0.395. The van der Waals surface area contributed by atoms with Crippen molar-refractivity contribution in [3.05, 3.63) is 110 Å². The molecule has 0 spiro atoms. The maximum Gasteiger partial charge on any atom is 0.354 e. The summed E-state index contributed by atoms with van der Waals surface area (Å²) in [5.41, 5.74) is 0.365. The molecule has 0 saturated heterocycles. The molecule has 36 heavy (non-hydrogen) atoms. The number of ether oxygens (including phenoxy) is 1. The van der Waals surface area contributed by atoms with Crippen LogP contribution in [0.25, 0.3) is 0 Å². The summed E-state index contributed by atoms with van der Waals surface area (Å²) in [6.07, 6.45) is 2.92. The van der Waals surface area contributed by atoms with Gasteiger partial charge in [-0.25, -0.2) is 28.9 Å². The number of benzene rings is 2. The van der Waals surface area contributed by atoms with Crippen molar-refractivity contribution in [3.8, 4) is 11.5 Å². The molecule has 11 heteroatoms. The van der Waals surface area contributed by atoms with E-state index in [0.717, 1.165) is 18.4 Å². The van der Waals surface area contributed by atoms with Gasteiger partial charge in [-0.3, -0.25) is 9.55 Å². The molecule has 0 radical (unpaired) electrons. The lowest BCUT2D eigenvalue weighted by Gasteiger charge is -2.11. The van der Waals surface area contributed by atoms with Crippen LogP contribution in [0.15, 0.2) is 81.4 Å². The number of aromatic nitrogens is 4. The van der Waals surface area contributed by atoms with Gasteiger partial charge in [0.15, 0.2) is 5.69 Å². The van der Waals surface area contributed by atoms with Crippen LogP contribution < -0.4 is 21.7 Å². The molecule has 4 aromatic rings. The van der Waals surface area contributed by atoms with E-state index in [1.807, 2.05) is 12.1 Å². The smallest absolute Gasteiger partial charge is 0.354 e. The molecule has 2 aromatic heterocycles. The van der Waals surface area contributed by atoms with Crippen LogP contribution in [0.1, 0.15) is 34.9 Å². The van der Waals surface area contributed by atoms with Crippen LogP contribution in [0.4, 0.5) is 5.69 Å². The summed E-state index contributed by atoms with van der Waals surface area (Å²) in [6.45, 7) is 0.202. The second-order valence-corrected chi connectivity index (χ2v) is 8.68. The van der Waals surface area contributed by atoms with Crippen molar-refractivity contribution >= 4 is 23.3 Å². The standard InChI is InChI=1S/C25H20ClN5O5/c26-16-3-1-15(2-4-16)14-30-23(29-24(34)31(25(30)35)18-7-8-18)28-17-5-9-19(10-6-17)36-20-11-12-27-21(13-20)22(32)33/h1-6,9-13,18H,7-8,14H2,(H,32,33)(H,28,29,34). The lowest BCUT2D eigenvalue weighted by molar-refractivity contribution is 0.0690. The average Bonchev–Trinajstić information content (AvgIpc) is 3.69. The maximum absolute atomic E-state index is 13.2. The summed E-state index contributed by atoms with van der Waals surface area (Å²) in [7, 11) is 0. The van der Waals surface area contributed by atoms with Gasteiger partial charge in [0.05, 0.1) is 12.2 Å². The molecule has 1 fully saturated rings. The lowest BCUT2D eigenvalue weighted by atomic mass is 10.2. The number of H-pyrrole nitrogens is 1. The fourth-order valence-electron chi connectivity index (χ4n) is 3.63. The minimum atomic E-state index is -1.15. The van der Waals surface area contributed by atoms with Crippen LogP contribution in [0.5, 0.6) is 11.5 Å². The van der Waals surface area contributed by atoms with Crippen LogP contribution >= 0.6 is 11.6 Å². The third-order valence-corrected chi connectivity index (χ3v) is 5.81. The Kier molecular flexibility index (Phi) is 6.26. The number of nitrogens with one attached hydrogen (secondary N) is 1. The van der Waals surface area contributed by atoms with E-state index in [1.165, 1.54) is 21.4 Å². The molecule has 0 unspecified atom stereocenters. The largest absolute Gasteiger partial charge is 0.477 e. The fraction of sp³-hybridized carbons (Fsp3) is 0.160. The number of carboxylic acids is 1. The number of carboxylic acid groups (broad SMARTS) is 1. The van der Waals surface area contributed by atoms with Gasteiger partial charge in [-0.05, 0) is 60.9 Å². The number of aromatic carboxylic acids is 1. The van der Waals surface area contributed by atoms with Gasteiger partial charge in [-0.15, -0.1) is 0 Å². The third kappa shape index (κ3) is 5.13. The molecule has 182 valence electrons. The number of carbonyl (C=O) groups is 1. The third-order valence-electron chi connectivity index (χ3n) is 5.55. The maximum atomic E-state index is 13.2. The molecule has 1 aliphatic carbocycles. The summed E-state index contributed by atoms with van der Waals surface area (Å²) in [5, 5.41) is 9.66. The molecule has 0 atom stereocenters. The van der Waals surface area contributed by atoms with Crippen molar-refractivity contribution < 1.29 is 14.6 Å². The van der Waals surface area contributed by atoms with E-state index in [0.29, 0.717) is 22.2 Å². The Morgan fingerprint density at radius 1 is 1.08 bits per heavy atom. The number of halogens is 1. The van der Waals surface area contributed by atoms with Crippen LogP contribution in [0.3, 0.4) is 0 Å². The first-order valence-corrected chi connectivity index (χ1v) is 11.5.